The van der Waals surface area contributed by atoms with Gasteiger partial charge in [0.15, 0.2) is 6.29 Å². The number of thioether (sulfide) groups is 1. The van der Waals surface area contributed by atoms with Crippen LogP contribution in [0.4, 0.5) is 0 Å². The Morgan fingerprint density at radius 2 is 1.66 bits per heavy atom. The van der Waals surface area contributed by atoms with Gasteiger partial charge in [0.2, 0.25) is 5.16 Å². The maximum absolute atomic E-state index is 12.5. The molecule has 0 bridgehead atoms. The predicted molar refractivity (Wildman–Crippen MR) is 190 cm³/mol. The zero-order valence-corrected chi connectivity index (χ0v) is 28.2. The SMILES string of the molecule is C[C@H]1[C@@H](CSc2nnnn2-c2ccccc2)O[C@@H](c2ccc(-c3cccc(CNC(=O)c4cccnc4)c3)cc2)O[C@H]1c1ccc(CO)cc1. The summed E-state index contributed by atoms with van der Waals surface area (Å²) >= 11 is 1.55. The number of ether oxygens (including phenoxy) is 2. The van der Waals surface area contributed by atoms with Gasteiger partial charge in [0.1, 0.15) is 0 Å². The summed E-state index contributed by atoms with van der Waals surface area (Å²) in [5.74, 6) is 0.464. The molecule has 0 unspecified atom stereocenters. The third-order valence-electron chi connectivity index (χ3n) is 8.76. The van der Waals surface area contributed by atoms with Crippen molar-refractivity contribution in [3.8, 4) is 16.8 Å². The van der Waals surface area contributed by atoms with Crippen molar-refractivity contribution in [2.45, 2.75) is 43.7 Å². The maximum atomic E-state index is 12.5. The first-order chi connectivity index (χ1) is 24.6. The molecule has 4 atom stereocenters. The van der Waals surface area contributed by atoms with E-state index in [4.69, 9.17) is 9.47 Å². The van der Waals surface area contributed by atoms with Crippen LogP contribution in [0, 0.1) is 5.92 Å². The van der Waals surface area contributed by atoms with Crippen LogP contribution in [0.5, 0.6) is 0 Å². The Morgan fingerprint density at radius 1 is 0.860 bits per heavy atom. The highest BCUT2D eigenvalue weighted by atomic mass is 32.2. The monoisotopic (exact) mass is 684 g/mol. The minimum Gasteiger partial charge on any atom is -0.392 e. The molecule has 1 aliphatic rings. The van der Waals surface area contributed by atoms with E-state index in [1.54, 1.807) is 41.0 Å². The van der Waals surface area contributed by atoms with Gasteiger partial charge in [-0.3, -0.25) is 9.78 Å². The van der Waals surface area contributed by atoms with Crippen LogP contribution in [0.25, 0.3) is 16.8 Å². The molecule has 4 aromatic carbocycles. The second-order valence-electron chi connectivity index (χ2n) is 12.1. The van der Waals surface area contributed by atoms with Gasteiger partial charge < -0.3 is 19.9 Å². The fourth-order valence-electron chi connectivity index (χ4n) is 5.94. The summed E-state index contributed by atoms with van der Waals surface area (Å²) < 4.78 is 15.1. The lowest BCUT2D eigenvalue weighted by Gasteiger charge is -2.41. The number of tetrazole rings is 1. The molecule has 1 aliphatic heterocycles. The van der Waals surface area contributed by atoms with Gasteiger partial charge in [-0.1, -0.05) is 104 Å². The van der Waals surface area contributed by atoms with E-state index in [1.165, 1.54) is 0 Å². The first-order valence-corrected chi connectivity index (χ1v) is 17.4. The lowest BCUT2D eigenvalue weighted by atomic mass is 9.91. The smallest absolute Gasteiger partial charge is 0.253 e. The summed E-state index contributed by atoms with van der Waals surface area (Å²) in [7, 11) is 0. The largest absolute Gasteiger partial charge is 0.392 e. The zero-order valence-electron chi connectivity index (χ0n) is 27.4. The maximum Gasteiger partial charge on any atom is 0.253 e. The number of para-hydroxylation sites is 1. The van der Waals surface area contributed by atoms with Crippen molar-refractivity contribution in [2.75, 3.05) is 5.75 Å². The number of hydrogen-bond acceptors (Lipinski definition) is 9. The molecule has 3 heterocycles. The summed E-state index contributed by atoms with van der Waals surface area (Å²) in [6, 6.07) is 37.5. The normalized spacial score (nSPS) is 18.8. The van der Waals surface area contributed by atoms with Gasteiger partial charge in [0.05, 0.1) is 30.1 Å². The van der Waals surface area contributed by atoms with Crippen molar-refractivity contribution in [3.05, 3.63) is 155 Å². The second-order valence-corrected chi connectivity index (χ2v) is 13.1. The van der Waals surface area contributed by atoms with Crippen LogP contribution in [0.1, 0.15) is 51.9 Å². The molecule has 252 valence electrons. The Morgan fingerprint density at radius 3 is 2.42 bits per heavy atom. The van der Waals surface area contributed by atoms with E-state index < -0.39 is 6.29 Å². The molecular formula is C39H36N6O4S. The highest BCUT2D eigenvalue weighted by Crippen LogP contribution is 2.43. The van der Waals surface area contributed by atoms with Crippen molar-refractivity contribution in [1.29, 1.82) is 0 Å². The molecular weight excluding hydrogens is 649 g/mol. The van der Waals surface area contributed by atoms with Gasteiger partial charge in [0.25, 0.3) is 5.91 Å². The highest BCUT2D eigenvalue weighted by molar-refractivity contribution is 7.99. The number of carbonyl (C=O) groups is 1. The lowest BCUT2D eigenvalue weighted by molar-refractivity contribution is -0.268. The van der Waals surface area contributed by atoms with Crippen molar-refractivity contribution in [2.24, 2.45) is 5.92 Å². The number of nitrogens with one attached hydrogen (secondary N) is 1. The van der Waals surface area contributed by atoms with Gasteiger partial charge in [-0.05, 0) is 68.6 Å². The summed E-state index contributed by atoms with van der Waals surface area (Å²) in [5, 5.41) is 25.7. The van der Waals surface area contributed by atoms with Crippen molar-refractivity contribution >= 4 is 17.7 Å². The van der Waals surface area contributed by atoms with E-state index in [-0.39, 0.29) is 30.6 Å². The molecule has 0 radical (unpaired) electrons. The summed E-state index contributed by atoms with van der Waals surface area (Å²) in [4.78, 5) is 16.6. The summed E-state index contributed by atoms with van der Waals surface area (Å²) in [6.07, 6.45) is 2.18. The van der Waals surface area contributed by atoms with Gasteiger partial charge in [-0.15, -0.1) is 5.10 Å². The number of benzene rings is 4. The molecule has 1 fully saturated rings. The molecule has 0 saturated carbocycles. The van der Waals surface area contributed by atoms with Crippen LogP contribution in [0.2, 0.25) is 0 Å². The van der Waals surface area contributed by atoms with Crippen molar-refractivity contribution < 1.29 is 19.4 Å². The van der Waals surface area contributed by atoms with E-state index in [0.29, 0.717) is 23.0 Å². The Labute approximate surface area is 294 Å². The van der Waals surface area contributed by atoms with E-state index in [1.807, 2.05) is 78.9 Å². The number of carbonyl (C=O) groups excluding carboxylic acids is 1. The number of aromatic nitrogens is 5. The third-order valence-corrected chi connectivity index (χ3v) is 9.77. The zero-order chi connectivity index (χ0) is 34.3. The minimum absolute atomic E-state index is 0.0143. The summed E-state index contributed by atoms with van der Waals surface area (Å²) in [6.45, 7) is 2.53. The molecule has 2 aromatic heterocycles. The topological polar surface area (TPSA) is 124 Å². The molecule has 10 nitrogen and oxygen atoms in total. The molecule has 1 saturated heterocycles. The van der Waals surface area contributed by atoms with Crippen LogP contribution in [0.15, 0.2) is 133 Å². The van der Waals surface area contributed by atoms with Crippen molar-refractivity contribution in [3.63, 3.8) is 0 Å². The van der Waals surface area contributed by atoms with Crippen molar-refractivity contribution in [1.82, 2.24) is 30.5 Å². The van der Waals surface area contributed by atoms with Crippen LogP contribution < -0.4 is 5.32 Å². The second kappa shape index (κ2) is 15.6. The first kappa shape index (κ1) is 33.3. The van der Waals surface area contributed by atoms with E-state index in [0.717, 1.165) is 39.1 Å². The number of rotatable bonds is 11. The number of hydrogen-bond donors (Lipinski definition) is 2. The van der Waals surface area contributed by atoms with Crippen LogP contribution in [-0.4, -0.2) is 48.1 Å². The Bertz CT molecular complexity index is 2010. The molecule has 6 aromatic rings. The highest BCUT2D eigenvalue weighted by Gasteiger charge is 2.38. The Kier molecular flexibility index (Phi) is 10.4. The Balaban J connectivity index is 1.08. The van der Waals surface area contributed by atoms with E-state index in [2.05, 4.69) is 57.0 Å². The quantitative estimate of drug-likeness (QED) is 0.143. The average Bonchev–Trinajstić information content (AvgIpc) is 3.66. The van der Waals surface area contributed by atoms with Gasteiger partial charge in [-0.2, -0.15) is 4.68 Å². The molecule has 0 aliphatic carbocycles. The lowest BCUT2D eigenvalue weighted by Crippen LogP contribution is -2.38. The molecule has 7 rings (SSSR count). The fourth-order valence-corrected chi connectivity index (χ4v) is 7.00. The molecule has 11 heteroatoms. The number of nitrogens with zero attached hydrogens (tertiary/aromatic N) is 5. The van der Waals surface area contributed by atoms with Crippen LogP contribution >= 0.6 is 11.8 Å². The van der Waals surface area contributed by atoms with E-state index >= 15 is 0 Å². The number of aliphatic hydroxyl groups is 1. The number of amides is 1. The van der Waals surface area contributed by atoms with Gasteiger partial charge >= 0.3 is 0 Å². The molecule has 50 heavy (non-hydrogen) atoms. The molecule has 2 N–H and O–H groups in total. The van der Waals surface area contributed by atoms with E-state index in [9.17, 15) is 9.90 Å². The third kappa shape index (κ3) is 7.66. The van der Waals surface area contributed by atoms with Gasteiger partial charge in [-0.25, -0.2) is 0 Å². The number of aliphatic hydroxyl groups excluding tert-OH is 1. The number of pyridine rings is 1. The summed E-state index contributed by atoms with van der Waals surface area (Å²) in [5.41, 5.74) is 7.26. The standard InChI is InChI=1S/C39H36N6O4S/c1-26-35(25-50-39-42-43-44-45(39)34-10-3-2-4-11-34)48-38(49-36(26)30-14-12-27(24-46)13-15-30)31-18-16-29(17-19-31)32-8-5-7-28(21-32)22-41-37(47)33-9-6-20-40-23-33/h2-21,23,26,35-36,38,46H,22,24-25H2,1H3,(H,41,47)/t26-,35+,36+,38+/m0/s1. The minimum atomic E-state index is -0.604. The predicted octanol–water partition coefficient (Wildman–Crippen LogP) is 6.73. The van der Waals surface area contributed by atoms with Crippen LogP contribution in [-0.2, 0) is 22.6 Å². The molecule has 0 spiro atoms. The van der Waals surface area contributed by atoms with Gasteiger partial charge in [0, 0.05) is 36.2 Å². The molecule has 1 amide bonds. The Hall–Kier alpha value is -5.20. The average molecular weight is 685 g/mol. The van der Waals surface area contributed by atoms with Crippen LogP contribution in [0.3, 0.4) is 0 Å². The fraction of sp³-hybridized carbons (Fsp3) is 0.205. The first-order valence-electron chi connectivity index (χ1n) is 16.4.